The van der Waals surface area contributed by atoms with Crippen molar-refractivity contribution in [2.75, 3.05) is 7.05 Å². The highest BCUT2D eigenvalue weighted by molar-refractivity contribution is 7.80. The molecule has 0 aliphatic heterocycles. The number of thiocarbonyl (C=S) groups is 1. The minimum Gasteiger partial charge on any atom is -0.393 e. The van der Waals surface area contributed by atoms with Crippen LogP contribution in [0.15, 0.2) is 0 Å². The van der Waals surface area contributed by atoms with Gasteiger partial charge in [-0.25, -0.2) is 4.68 Å². The lowest BCUT2D eigenvalue weighted by Crippen LogP contribution is -2.39. The van der Waals surface area contributed by atoms with Crippen LogP contribution in [0.4, 0.5) is 0 Å². The number of nitrogens with zero attached hydrogens (tertiary/aromatic N) is 5. The standard InChI is InChI=1S/C18H31N5O2S/c1-22(13-5-9-15(24)10-6-13)18(26)4-2-3-17-19-20-21-23(17)14-7-11-16(25)12-8-14/h13-16,24-25H,2-12H2,1H3. The summed E-state index contributed by atoms with van der Waals surface area (Å²) in [5.74, 6) is 0.928. The average molecular weight is 382 g/mol. The van der Waals surface area contributed by atoms with Gasteiger partial charge >= 0.3 is 0 Å². The van der Waals surface area contributed by atoms with Crippen molar-refractivity contribution in [2.24, 2.45) is 0 Å². The van der Waals surface area contributed by atoms with Gasteiger partial charge in [-0.05, 0) is 74.6 Å². The van der Waals surface area contributed by atoms with Crippen LogP contribution in [0.25, 0.3) is 0 Å². The summed E-state index contributed by atoms with van der Waals surface area (Å²) in [5.41, 5.74) is 0. The second-order valence-corrected chi connectivity index (χ2v) is 8.29. The summed E-state index contributed by atoms with van der Waals surface area (Å²) < 4.78 is 1.96. The third kappa shape index (κ3) is 4.98. The molecule has 2 aliphatic carbocycles. The van der Waals surface area contributed by atoms with E-state index in [1.807, 2.05) is 4.68 Å². The Morgan fingerprint density at radius 2 is 1.69 bits per heavy atom. The molecular formula is C18H31N5O2S. The zero-order chi connectivity index (χ0) is 18.5. The highest BCUT2D eigenvalue weighted by Crippen LogP contribution is 2.28. The van der Waals surface area contributed by atoms with E-state index in [0.717, 1.165) is 81.4 Å². The number of aliphatic hydroxyl groups excluding tert-OH is 2. The van der Waals surface area contributed by atoms with E-state index >= 15 is 0 Å². The number of aromatic nitrogens is 4. The molecule has 2 fully saturated rings. The Labute approximate surface area is 160 Å². The third-order valence-corrected chi connectivity index (χ3v) is 6.46. The van der Waals surface area contributed by atoms with E-state index in [2.05, 4.69) is 27.5 Å². The highest BCUT2D eigenvalue weighted by atomic mass is 32.1. The molecule has 0 saturated heterocycles. The highest BCUT2D eigenvalue weighted by Gasteiger charge is 2.25. The van der Waals surface area contributed by atoms with E-state index in [-0.39, 0.29) is 12.2 Å². The van der Waals surface area contributed by atoms with Gasteiger partial charge in [-0.2, -0.15) is 0 Å². The van der Waals surface area contributed by atoms with E-state index in [1.165, 1.54) is 0 Å². The lowest BCUT2D eigenvalue weighted by Gasteiger charge is -2.34. The van der Waals surface area contributed by atoms with Gasteiger partial charge in [0.2, 0.25) is 0 Å². The Balaban J connectivity index is 1.45. The zero-order valence-electron chi connectivity index (χ0n) is 15.6. The van der Waals surface area contributed by atoms with Crippen LogP contribution in [0.1, 0.15) is 76.1 Å². The molecule has 146 valence electrons. The van der Waals surface area contributed by atoms with Crippen LogP contribution in [0.5, 0.6) is 0 Å². The molecule has 1 aromatic heterocycles. The lowest BCUT2D eigenvalue weighted by molar-refractivity contribution is 0.102. The molecule has 2 aliphatic rings. The number of aliphatic hydroxyl groups is 2. The summed E-state index contributed by atoms with van der Waals surface area (Å²) in [6.45, 7) is 0. The number of hydrogen-bond acceptors (Lipinski definition) is 6. The molecule has 0 atom stereocenters. The molecule has 26 heavy (non-hydrogen) atoms. The van der Waals surface area contributed by atoms with Crippen molar-refractivity contribution < 1.29 is 10.2 Å². The summed E-state index contributed by atoms with van der Waals surface area (Å²) in [4.78, 5) is 3.22. The van der Waals surface area contributed by atoms with Crippen LogP contribution < -0.4 is 0 Å². The first-order valence-corrected chi connectivity index (χ1v) is 10.3. The summed E-state index contributed by atoms with van der Waals surface area (Å²) in [6, 6.07) is 0.775. The fourth-order valence-electron chi connectivity index (χ4n) is 4.19. The zero-order valence-corrected chi connectivity index (χ0v) is 16.4. The Bertz CT molecular complexity index is 580. The molecule has 7 nitrogen and oxygen atoms in total. The predicted octanol–water partition coefficient (Wildman–Crippen LogP) is 2.03. The van der Waals surface area contributed by atoms with Crippen molar-refractivity contribution in [3.8, 4) is 0 Å². The number of rotatable bonds is 6. The van der Waals surface area contributed by atoms with Gasteiger partial charge in [-0.1, -0.05) is 12.2 Å². The molecule has 1 heterocycles. The topological polar surface area (TPSA) is 87.3 Å². The van der Waals surface area contributed by atoms with Crippen molar-refractivity contribution in [1.29, 1.82) is 0 Å². The molecule has 2 saturated carbocycles. The van der Waals surface area contributed by atoms with Crippen molar-refractivity contribution in [2.45, 2.75) is 94.9 Å². The fourth-order valence-corrected chi connectivity index (χ4v) is 4.48. The Hall–Kier alpha value is -1.12. The first kappa shape index (κ1) is 19.6. The van der Waals surface area contributed by atoms with Crippen molar-refractivity contribution in [3.05, 3.63) is 5.82 Å². The molecule has 0 aromatic carbocycles. The van der Waals surface area contributed by atoms with Crippen molar-refractivity contribution in [3.63, 3.8) is 0 Å². The summed E-state index contributed by atoms with van der Waals surface area (Å²) in [5, 5.41) is 31.6. The quantitative estimate of drug-likeness (QED) is 0.729. The van der Waals surface area contributed by atoms with Crippen molar-refractivity contribution in [1.82, 2.24) is 25.1 Å². The molecule has 0 radical (unpaired) electrons. The van der Waals surface area contributed by atoms with Gasteiger partial charge in [0.05, 0.1) is 23.2 Å². The monoisotopic (exact) mass is 381 g/mol. The summed E-state index contributed by atoms with van der Waals surface area (Å²) in [7, 11) is 2.09. The second kappa shape index (κ2) is 9.19. The Morgan fingerprint density at radius 1 is 1.08 bits per heavy atom. The second-order valence-electron chi connectivity index (χ2n) is 7.82. The van der Waals surface area contributed by atoms with Crippen LogP contribution in [0, 0.1) is 0 Å². The summed E-state index contributed by atoms with van der Waals surface area (Å²) >= 11 is 5.63. The first-order chi connectivity index (χ1) is 12.5. The Kier molecular flexibility index (Phi) is 6.94. The maximum atomic E-state index is 9.68. The molecule has 0 unspecified atom stereocenters. The van der Waals surface area contributed by atoms with Crippen LogP contribution >= 0.6 is 12.2 Å². The van der Waals surface area contributed by atoms with Gasteiger partial charge in [0, 0.05) is 19.5 Å². The van der Waals surface area contributed by atoms with E-state index in [1.54, 1.807) is 0 Å². The van der Waals surface area contributed by atoms with E-state index in [9.17, 15) is 10.2 Å². The molecule has 8 heteroatoms. The van der Waals surface area contributed by atoms with Crippen LogP contribution in [-0.2, 0) is 6.42 Å². The number of aryl methyl sites for hydroxylation is 1. The van der Waals surface area contributed by atoms with E-state index in [0.29, 0.717) is 12.1 Å². The predicted molar refractivity (Wildman–Crippen MR) is 103 cm³/mol. The van der Waals surface area contributed by atoms with Gasteiger partial charge in [-0.15, -0.1) is 5.10 Å². The molecule has 0 amide bonds. The largest absolute Gasteiger partial charge is 0.393 e. The van der Waals surface area contributed by atoms with Gasteiger partial charge < -0.3 is 15.1 Å². The molecule has 1 aromatic rings. The normalized spacial score (nSPS) is 29.5. The number of hydrogen-bond donors (Lipinski definition) is 2. The van der Waals surface area contributed by atoms with E-state index < -0.39 is 0 Å². The molecular weight excluding hydrogens is 350 g/mol. The summed E-state index contributed by atoms with van der Waals surface area (Å²) in [6.07, 6.45) is 9.65. The minimum atomic E-state index is -0.167. The van der Waals surface area contributed by atoms with E-state index in [4.69, 9.17) is 12.2 Å². The first-order valence-electron chi connectivity index (χ1n) is 9.93. The maximum absolute atomic E-state index is 9.68. The smallest absolute Gasteiger partial charge is 0.151 e. The van der Waals surface area contributed by atoms with Gasteiger partial charge in [-0.3, -0.25) is 0 Å². The average Bonchev–Trinajstić information content (AvgIpc) is 3.11. The molecule has 0 bridgehead atoms. The van der Waals surface area contributed by atoms with Crippen LogP contribution in [-0.4, -0.2) is 65.6 Å². The lowest BCUT2D eigenvalue weighted by atomic mass is 9.92. The number of tetrazole rings is 1. The van der Waals surface area contributed by atoms with Gasteiger partial charge in [0.25, 0.3) is 0 Å². The Morgan fingerprint density at radius 3 is 2.35 bits per heavy atom. The third-order valence-electron chi connectivity index (χ3n) is 5.97. The molecule has 0 spiro atoms. The van der Waals surface area contributed by atoms with Gasteiger partial charge in [0.1, 0.15) is 0 Å². The fraction of sp³-hybridized carbons (Fsp3) is 0.889. The van der Waals surface area contributed by atoms with Crippen LogP contribution in [0.2, 0.25) is 0 Å². The van der Waals surface area contributed by atoms with Crippen LogP contribution in [0.3, 0.4) is 0 Å². The maximum Gasteiger partial charge on any atom is 0.151 e. The van der Waals surface area contributed by atoms with Gasteiger partial charge in [0.15, 0.2) is 5.82 Å². The SMILES string of the molecule is CN(C(=S)CCCc1nnnn1C1CCC(O)CC1)C1CCC(O)CC1. The van der Waals surface area contributed by atoms with Crippen molar-refractivity contribution >= 4 is 17.2 Å². The molecule has 2 N–H and O–H groups in total. The minimum absolute atomic E-state index is 0.131. The molecule has 3 rings (SSSR count).